The van der Waals surface area contributed by atoms with E-state index in [4.69, 9.17) is 0 Å². The first kappa shape index (κ1) is 14.3. The smallest absolute Gasteiger partial charge is 0.239 e. The van der Waals surface area contributed by atoms with E-state index >= 15 is 0 Å². The molecule has 0 unspecified atom stereocenters. The number of carbonyl (C=O) groups is 2. The molecule has 19 heavy (non-hydrogen) atoms. The lowest BCUT2D eigenvalue weighted by molar-refractivity contribution is -0.140. The summed E-state index contributed by atoms with van der Waals surface area (Å²) in [5, 5.41) is 3.30. The van der Waals surface area contributed by atoms with E-state index in [9.17, 15) is 9.59 Å². The topological polar surface area (TPSA) is 52.7 Å². The number of nitrogens with one attached hydrogen (secondary N) is 1. The molecule has 2 saturated heterocycles. The van der Waals surface area contributed by atoms with E-state index in [2.05, 4.69) is 5.32 Å². The number of carbonyl (C=O) groups excluding carboxylic acids is 2. The van der Waals surface area contributed by atoms with Crippen molar-refractivity contribution in [3.8, 4) is 0 Å². The molecule has 2 rings (SSSR count). The van der Waals surface area contributed by atoms with E-state index in [1.807, 2.05) is 4.90 Å². The van der Waals surface area contributed by atoms with Crippen molar-refractivity contribution < 1.29 is 9.59 Å². The first-order valence-corrected chi connectivity index (χ1v) is 7.33. The number of piperidine rings is 2. The molecule has 2 aliphatic rings. The van der Waals surface area contributed by atoms with Crippen LogP contribution in [0.5, 0.6) is 0 Å². The number of rotatable bonds is 2. The highest BCUT2D eigenvalue weighted by Crippen LogP contribution is 2.20. The van der Waals surface area contributed by atoms with E-state index in [0.29, 0.717) is 0 Å². The molecule has 0 aromatic rings. The second-order valence-electron chi connectivity index (χ2n) is 5.83. The van der Waals surface area contributed by atoms with Crippen LogP contribution in [-0.4, -0.2) is 61.4 Å². The minimum Gasteiger partial charge on any atom is -0.349 e. The molecule has 0 radical (unpaired) electrons. The van der Waals surface area contributed by atoms with Crippen LogP contribution in [0.3, 0.4) is 0 Å². The summed E-state index contributed by atoms with van der Waals surface area (Å²) < 4.78 is 0. The van der Waals surface area contributed by atoms with Gasteiger partial charge in [-0.3, -0.25) is 9.59 Å². The molecule has 0 spiro atoms. The summed E-state index contributed by atoms with van der Waals surface area (Å²) in [7, 11) is 3.59. The van der Waals surface area contributed by atoms with Crippen molar-refractivity contribution in [1.82, 2.24) is 15.1 Å². The van der Waals surface area contributed by atoms with Crippen molar-refractivity contribution in [3.05, 3.63) is 0 Å². The molecule has 5 nitrogen and oxygen atoms in total. The van der Waals surface area contributed by atoms with E-state index in [-0.39, 0.29) is 23.8 Å². The summed E-state index contributed by atoms with van der Waals surface area (Å²) in [6.07, 6.45) is 4.86. The van der Waals surface area contributed by atoms with E-state index in [1.54, 1.807) is 19.0 Å². The Morgan fingerprint density at radius 3 is 2.32 bits per heavy atom. The van der Waals surface area contributed by atoms with Gasteiger partial charge in [-0.2, -0.15) is 0 Å². The van der Waals surface area contributed by atoms with E-state index < -0.39 is 0 Å². The molecule has 1 atom stereocenters. The maximum Gasteiger partial charge on any atom is 0.239 e. The Hall–Kier alpha value is -1.10. The van der Waals surface area contributed by atoms with Crippen LogP contribution in [0.25, 0.3) is 0 Å². The third-order valence-electron chi connectivity index (χ3n) is 4.21. The average Bonchev–Trinajstić information content (AvgIpc) is 2.46. The molecule has 5 heteroatoms. The van der Waals surface area contributed by atoms with Crippen LogP contribution in [0.2, 0.25) is 0 Å². The monoisotopic (exact) mass is 267 g/mol. The number of hydrogen-bond donors (Lipinski definition) is 1. The largest absolute Gasteiger partial charge is 0.349 e. The van der Waals surface area contributed by atoms with Crippen molar-refractivity contribution >= 4 is 11.8 Å². The standard InChI is InChI=1S/C14H25N3O2/c1-16(2)13(18)11-6-9-17(10-7-11)14(19)12-5-3-4-8-15-12/h11-12,15H,3-10H2,1-2H3/t12-/m0/s1. The normalized spacial score (nSPS) is 25.2. The van der Waals surface area contributed by atoms with Crippen molar-refractivity contribution in [2.24, 2.45) is 5.92 Å². The molecular weight excluding hydrogens is 242 g/mol. The zero-order chi connectivity index (χ0) is 13.8. The molecular formula is C14H25N3O2. The third-order valence-corrected chi connectivity index (χ3v) is 4.21. The van der Waals surface area contributed by atoms with Gasteiger partial charge in [-0.05, 0) is 32.2 Å². The van der Waals surface area contributed by atoms with Crippen LogP contribution in [-0.2, 0) is 9.59 Å². The minimum absolute atomic E-state index is 0.00912. The van der Waals surface area contributed by atoms with Crippen molar-refractivity contribution in [2.75, 3.05) is 33.7 Å². The molecule has 108 valence electrons. The Morgan fingerprint density at radius 2 is 1.79 bits per heavy atom. The molecule has 2 aliphatic heterocycles. The number of likely N-dealkylation sites (tertiary alicyclic amines) is 1. The highest BCUT2D eigenvalue weighted by molar-refractivity contribution is 5.83. The second kappa shape index (κ2) is 6.37. The van der Waals surface area contributed by atoms with E-state index in [1.165, 1.54) is 6.42 Å². The van der Waals surface area contributed by atoms with Crippen LogP contribution in [0.4, 0.5) is 0 Å². The minimum atomic E-state index is 0.00912. The number of nitrogens with zero attached hydrogens (tertiary/aromatic N) is 2. The zero-order valence-electron chi connectivity index (χ0n) is 12.0. The van der Waals surface area contributed by atoms with Crippen LogP contribution in [0.15, 0.2) is 0 Å². The van der Waals surface area contributed by atoms with Crippen LogP contribution in [0.1, 0.15) is 32.1 Å². The van der Waals surface area contributed by atoms with Crippen molar-refractivity contribution in [2.45, 2.75) is 38.1 Å². The Bertz CT molecular complexity index is 330. The molecule has 0 aromatic heterocycles. The summed E-state index contributed by atoms with van der Waals surface area (Å²) in [5.74, 6) is 0.525. The SMILES string of the molecule is CN(C)C(=O)C1CCN(C(=O)[C@@H]2CCCCN2)CC1. The summed E-state index contributed by atoms with van der Waals surface area (Å²) in [6, 6.07) is 0.00912. The summed E-state index contributed by atoms with van der Waals surface area (Å²) >= 11 is 0. The van der Waals surface area contributed by atoms with Gasteiger partial charge in [-0.15, -0.1) is 0 Å². The molecule has 2 fully saturated rings. The molecule has 0 saturated carbocycles. The van der Waals surface area contributed by atoms with Crippen LogP contribution >= 0.6 is 0 Å². The lowest BCUT2D eigenvalue weighted by Crippen LogP contribution is -2.51. The lowest BCUT2D eigenvalue weighted by Gasteiger charge is -2.35. The Kier molecular flexibility index (Phi) is 4.80. The molecule has 2 heterocycles. The van der Waals surface area contributed by atoms with Gasteiger partial charge >= 0.3 is 0 Å². The Labute approximate surface area is 115 Å². The maximum atomic E-state index is 12.3. The predicted octanol–water partition coefficient (Wildman–Crippen LogP) is 0.455. The Morgan fingerprint density at radius 1 is 1.11 bits per heavy atom. The fourth-order valence-electron chi connectivity index (χ4n) is 2.99. The van der Waals surface area contributed by atoms with Crippen molar-refractivity contribution in [1.29, 1.82) is 0 Å². The van der Waals surface area contributed by atoms with Gasteiger partial charge in [0.25, 0.3) is 0 Å². The van der Waals surface area contributed by atoms with Gasteiger partial charge in [0.2, 0.25) is 11.8 Å². The van der Waals surface area contributed by atoms with Crippen LogP contribution in [0, 0.1) is 5.92 Å². The first-order chi connectivity index (χ1) is 9.09. The highest BCUT2D eigenvalue weighted by Gasteiger charge is 2.31. The fourth-order valence-corrected chi connectivity index (χ4v) is 2.99. The van der Waals surface area contributed by atoms with Gasteiger partial charge in [-0.1, -0.05) is 6.42 Å². The highest BCUT2D eigenvalue weighted by atomic mass is 16.2. The predicted molar refractivity (Wildman–Crippen MR) is 73.6 cm³/mol. The molecule has 2 amide bonds. The molecule has 0 aliphatic carbocycles. The lowest BCUT2D eigenvalue weighted by atomic mass is 9.94. The first-order valence-electron chi connectivity index (χ1n) is 7.33. The second-order valence-corrected chi connectivity index (χ2v) is 5.83. The van der Waals surface area contributed by atoms with Gasteiger partial charge in [-0.25, -0.2) is 0 Å². The van der Waals surface area contributed by atoms with Gasteiger partial charge in [0.05, 0.1) is 6.04 Å². The van der Waals surface area contributed by atoms with Gasteiger partial charge in [0.1, 0.15) is 0 Å². The quantitative estimate of drug-likeness (QED) is 0.790. The summed E-state index contributed by atoms with van der Waals surface area (Å²) in [4.78, 5) is 27.8. The van der Waals surface area contributed by atoms with E-state index in [0.717, 1.165) is 45.3 Å². The van der Waals surface area contributed by atoms with Gasteiger partial charge in [0, 0.05) is 33.1 Å². The van der Waals surface area contributed by atoms with Crippen molar-refractivity contribution in [3.63, 3.8) is 0 Å². The molecule has 0 aromatic carbocycles. The van der Waals surface area contributed by atoms with Gasteiger partial charge in [0.15, 0.2) is 0 Å². The third kappa shape index (κ3) is 3.47. The average molecular weight is 267 g/mol. The fraction of sp³-hybridized carbons (Fsp3) is 0.857. The summed E-state index contributed by atoms with van der Waals surface area (Å²) in [6.45, 7) is 2.40. The molecule has 0 bridgehead atoms. The summed E-state index contributed by atoms with van der Waals surface area (Å²) in [5.41, 5.74) is 0. The number of amides is 2. The van der Waals surface area contributed by atoms with Gasteiger partial charge < -0.3 is 15.1 Å². The van der Waals surface area contributed by atoms with Crippen LogP contribution < -0.4 is 5.32 Å². The zero-order valence-corrected chi connectivity index (χ0v) is 12.0. The Balaban J connectivity index is 1.82. The number of hydrogen-bond acceptors (Lipinski definition) is 3. The maximum absolute atomic E-state index is 12.3. The molecule has 1 N–H and O–H groups in total.